The van der Waals surface area contributed by atoms with Crippen LogP contribution < -0.4 is 14.8 Å². The van der Waals surface area contributed by atoms with Crippen molar-refractivity contribution >= 4 is 54.6 Å². The van der Waals surface area contributed by atoms with Gasteiger partial charge < -0.3 is 5.32 Å². The van der Waals surface area contributed by atoms with Crippen LogP contribution in [0, 0.1) is 13.8 Å². The summed E-state index contributed by atoms with van der Waals surface area (Å²) in [5.74, 6) is -0.574. The standard InChI is InChI=1S/C27H24ClN3O5S2/c1-18-7-13-22(14-8-18)38(35,36)31-26-6-4-3-5-24(26)27(32)29-20-11-15-23(16-12-20)37(33,34)30-21-10-9-19(2)25(28)17-21/h3-17,30-31H,1-2H3,(H,29,32). The number of carbonyl (C=O) groups excluding carboxylic acids is 1. The predicted octanol–water partition coefficient (Wildman–Crippen LogP) is 5.81. The molecule has 8 nitrogen and oxygen atoms in total. The van der Waals surface area contributed by atoms with Crippen molar-refractivity contribution in [3.05, 3.63) is 113 Å². The highest BCUT2D eigenvalue weighted by Crippen LogP contribution is 2.25. The lowest BCUT2D eigenvalue weighted by Gasteiger charge is -2.13. The van der Waals surface area contributed by atoms with Crippen molar-refractivity contribution in [2.75, 3.05) is 14.8 Å². The van der Waals surface area contributed by atoms with Crippen LogP contribution in [0.3, 0.4) is 0 Å². The lowest BCUT2D eigenvalue weighted by molar-refractivity contribution is 0.102. The normalized spacial score (nSPS) is 11.6. The van der Waals surface area contributed by atoms with Gasteiger partial charge in [-0.2, -0.15) is 0 Å². The molecular formula is C27H24ClN3O5S2. The fourth-order valence-electron chi connectivity index (χ4n) is 3.48. The van der Waals surface area contributed by atoms with Gasteiger partial charge in [0.1, 0.15) is 0 Å². The summed E-state index contributed by atoms with van der Waals surface area (Å²) in [7, 11) is -7.82. The molecule has 0 unspecified atom stereocenters. The molecule has 0 saturated carbocycles. The Kier molecular flexibility index (Phi) is 7.77. The zero-order valence-electron chi connectivity index (χ0n) is 20.4. The summed E-state index contributed by atoms with van der Waals surface area (Å²) in [5, 5.41) is 3.10. The number of aryl methyl sites for hydroxylation is 2. The van der Waals surface area contributed by atoms with Gasteiger partial charge in [-0.15, -0.1) is 0 Å². The van der Waals surface area contributed by atoms with Crippen LogP contribution >= 0.6 is 11.6 Å². The Morgan fingerprint density at radius 3 is 1.87 bits per heavy atom. The molecule has 0 aliphatic heterocycles. The Balaban J connectivity index is 1.49. The number of para-hydroxylation sites is 1. The quantitative estimate of drug-likeness (QED) is 0.247. The Morgan fingerprint density at radius 1 is 0.684 bits per heavy atom. The molecule has 0 aliphatic carbocycles. The highest BCUT2D eigenvalue weighted by atomic mass is 35.5. The smallest absolute Gasteiger partial charge is 0.261 e. The van der Waals surface area contributed by atoms with Crippen LogP contribution in [0.25, 0.3) is 0 Å². The molecule has 0 radical (unpaired) electrons. The number of halogens is 1. The van der Waals surface area contributed by atoms with E-state index in [0.29, 0.717) is 16.4 Å². The average Bonchev–Trinajstić information content (AvgIpc) is 2.87. The van der Waals surface area contributed by atoms with Crippen molar-refractivity contribution in [2.24, 2.45) is 0 Å². The SMILES string of the molecule is Cc1ccc(S(=O)(=O)Nc2ccccc2C(=O)Nc2ccc(S(=O)(=O)Nc3ccc(C)c(Cl)c3)cc2)cc1. The first kappa shape index (κ1) is 27.2. The Hall–Kier alpha value is -3.86. The maximum absolute atomic E-state index is 13.0. The van der Waals surface area contributed by atoms with Gasteiger partial charge >= 0.3 is 0 Å². The molecule has 0 spiro atoms. The Morgan fingerprint density at radius 2 is 1.24 bits per heavy atom. The largest absolute Gasteiger partial charge is 0.322 e. The highest BCUT2D eigenvalue weighted by molar-refractivity contribution is 7.93. The van der Waals surface area contributed by atoms with Crippen molar-refractivity contribution in [3.63, 3.8) is 0 Å². The third-order valence-electron chi connectivity index (χ3n) is 5.59. The van der Waals surface area contributed by atoms with Crippen molar-refractivity contribution < 1.29 is 21.6 Å². The van der Waals surface area contributed by atoms with E-state index in [4.69, 9.17) is 11.6 Å². The van der Waals surface area contributed by atoms with Gasteiger partial charge in [-0.05, 0) is 80.1 Å². The van der Waals surface area contributed by atoms with E-state index in [1.54, 1.807) is 36.4 Å². The number of hydrogen-bond donors (Lipinski definition) is 3. The first-order chi connectivity index (χ1) is 17.9. The van der Waals surface area contributed by atoms with Gasteiger partial charge in [0.15, 0.2) is 0 Å². The molecule has 0 saturated heterocycles. The van der Waals surface area contributed by atoms with Gasteiger partial charge in [0.2, 0.25) is 0 Å². The molecule has 196 valence electrons. The maximum atomic E-state index is 13.0. The molecule has 3 N–H and O–H groups in total. The number of nitrogens with one attached hydrogen (secondary N) is 3. The zero-order chi connectivity index (χ0) is 27.5. The number of benzene rings is 4. The fraction of sp³-hybridized carbons (Fsp3) is 0.0741. The number of anilines is 3. The Labute approximate surface area is 226 Å². The topological polar surface area (TPSA) is 121 Å². The van der Waals surface area contributed by atoms with E-state index in [2.05, 4.69) is 14.8 Å². The van der Waals surface area contributed by atoms with E-state index < -0.39 is 26.0 Å². The monoisotopic (exact) mass is 569 g/mol. The second-order valence-corrected chi connectivity index (χ2v) is 12.3. The summed E-state index contributed by atoms with van der Waals surface area (Å²) in [4.78, 5) is 13.0. The summed E-state index contributed by atoms with van der Waals surface area (Å²) < 4.78 is 56.1. The third-order valence-corrected chi connectivity index (χ3v) is 8.78. The summed E-state index contributed by atoms with van der Waals surface area (Å²) in [6, 6.07) is 22.9. The molecule has 0 aliphatic rings. The third kappa shape index (κ3) is 6.34. The number of carbonyl (C=O) groups is 1. The predicted molar refractivity (Wildman–Crippen MR) is 150 cm³/mol. The summed E-state index contributed by atoms with van der Waals surface area (Å²) >= 11 is 6.08. The van der Waals surface area contributed by atoms with Crippen LogP contribution in [0.4, 0.5) is 17.1 Å². The van der Waals surface area contributed by atoms with Crippen LogP contribution in [0.5, 0.6) is 0 Å². The molecular weight excluding hydrogens is 546 g/mol. The van der Waals surface area contributed by atoms with E-state index in [9.17, 15) is 21.6 Å². The van der Waals surface area contributed by atoms with Crippen LogP contribution in [0.2, 0.25) is 5.02 Å². The van der Waals surface area contributed by atoms with E-state index in [-0.39, 0.29) is 21.0 Å². The fourth-order valence-corrected chi connectivity index (χ4v) is 5.79. The lowest BCUT2D eigenvalue weighted by Crippen LogP contribution is -2.18. The summed E-state index contributed by atoms with van der Waals surface area (Å²) in [6.45, 7) is 3.66. The number of amides is 1. The van der Waals surface area contributed by atoms with Crippen molar-refractivity contribution in [1.82, 2.24) is 0 Å². The van der Waals surface area contributed by atoms with Gasteiger partial charge in [0.05, 0.1) is 26.7 Å². The van der Waals surface area contributed by atoms with Crippen molar-refractivity contribution in [3.8, 4) is 0 Å². The molecule has 0 bridgehead atoms. The molecule has 4 aromatic rings. The molecule has 0 atom stereocenters. The second-order valence-electron chi connectivity index (χ2n) is 8.51. The highest BCUT2D eigenvalue weighted by Gasteiger charge is 2.19. The molecule has 0 aromatic heterocycles. The van der Waals surface area contributed by atoms with Gasteiger partial charge in [0, 0.05) is 10.7 Å². The van der Waals surface area contributed by atoms with E-state index in [1.807, 2.05) is 13.8 Å². The maximum Gasteiger partial charge on any atom is 0.261 e. The minimum absolute atomic E-state index is 0.0153. The van der Waals surface area contributed by atoms with Gasteiger partial charge in [-0.3, -0.25) is 14.2 Å². The minimum atomic E-state index is -3.92. The Bertz CT molecular complexity index is 1700. The second kappa shape index (κ2) is 10.9. The van der Waals surface area contributed by atoms with Gasteiger partial charge in [-0.25, -0.2) is 16.8 Å². The van der Waals surface area contributed by atoms with Gasteiger partial charge in [0.25, 0.3) is 26.0 Å². The van der Waals surface area contributed by atoms with Gasteiger partial charge in [-0.1, -0.05) is 47.5 Å². The van der Waals surface area contributed by atoms with Crippen molar-refractivity contribution in [2.45, 2.75) is 23.6 Å². The van der Waals surface area contributed by atoms with Crippen LogP contribution in [0.15, 0.2) is 101 Å². The van der Waals surface area contributed by atoms with Crippen molar-refractivity contribution in [1.29, 1.82) is 0 Å². The first-order valence-electron chi connectivity index (χ1n) is 11.3. The van der Waals surface area contributed by atoms with Crippen LogP contribution in [-0.4, -0.2) is 22.7 Å². The average molecular weight is 570 g/mol. The molecule has 4 rings (SSSR count). The summed E-state index contributed by atoms with van der Waals surface area (Å²) in [5.41, 5.74) is 2.58. The zero-order valence-corrected chi connectivity index (χ0v) is 22.8. The van der Waals surface area contributed by atoms with E-state index in [1.165, 1.54) is 54.6 Å². The molecule has 0 fully saturated rings. The van der Waals surface area contributed by atoms with E-state index >= 15 is 0 Å². The van der Waals surface area contributed by atoms with Crippen LogP contribution in [0.1, 0.15) is 21.5 Å². The number of hydrogen-bond acceptors (Lipinski definition) is 5. The molecule has 11 heteroatoms. The number of rotatable bonds is 8. The molecule has 4 aromatic carbocycles. The van der Waals surface area contributed by atoms with E-state index in [0.717, 1.165) is 11.1 Å². The molecule has 38 heavy (non-hydrogen) atoms. The lowest BCUT2D eigenvalue weighted by atomic mass is 10.1. The minimum Gasteiger partial charge on any atom is -0.322 e. The molecule has 0 heterocycles. The molecule has 1 amide bonds. The summed E-state index contributed by atoms with van der Waals surface area (Å²) in [6.07, 6.45) is 0. The first-order valence-corrected chi connectivity index (χ1v) is 14.7. The number of sulfonamides is 2. The van der Waals surface area contributed by atoms with Crippen LogP contribution in [-0.2, 0) is 20.0 Å².